The molecule has 1 amide bonds. The Hall–Kier alpha value is -1.64. The van der Waals surface area contributed by atoms with Crippen LogP contribution >= 0.6 is 0 Å². The van der Waals surface area contributed by atoms with Gasteiger partial charge in [-0.2, -0.15) is 0 Å². The van der Waals surface area contributed by atoms with E-state index in [9.17, 15) is 9.59 Å². The van der Waals surface area contributed by atoms with E-state index in [0.29, 0.717) is 19.4 Å². The average molecular weight is 203 g/mol. The fourth-order valence-corrected chi connectivity index (χ4v) is 1.87. The summed E-state index contributed by atoms with van der Waals surface area (Å²) in [5, 5.41) is 0. The average Bonchev–Trinajstić information content (AvgIpc) is 2.52. The van der Waals surface area contributed by atoms with E-state index in [2.05, 4.69) is 0 Å². The lowest BCUT2D eigenvalue weighted by molar-refractivity contribution is -0.107. The summed E-state index contributed by atoms with van der Waals surface area (Å²) in [5.41, 5.74) is 2.93. The van der Waals surface area contributed by atoms with Crippen LogP contribution in [-0.4, -0.2) is 24.1 Å². The molecule has 2 rings (SSSR count). The molecule has 0 saturated carbocycles. The molecular weight excluding hydrogens is 190 g/mol. The smallest absolute Gasteiger partial charge is 0.254 e. The molecule has 1 aliphatic rings. The number of carbonyl (C=O) groups excluding carboxylic acids is 2. The summed E-state index contributed by atoms with van der Waals surface area (Å²) in [4.78, 5) is 23.6. The third-order valence-electron chi connectivity index (χ3n) is 2.71. The van der Waals surface area contributed by atoms with Crippen LogP contribution in [0.1, 0.15) is 27.9 Å². The molecule has 0 aromatic heterocycles. The Bertz CT molecular complexity index is 412. The van der Waals surface area contributed by atoms with E-state index < -0.39 is 0 Å². The molecular formula is C12H13NO2. The van der Waals surface area contributed by atoms with Gasteiger partial charge in [-0.1, -0.05) is 12.1 Å². The van der Waals surface area contributed by atoms with Crippen LogP contribution in [-0.2, 0) is 17.8 Å². The topological polar surface area (TPSA) is 37.4 Å². The molecule has 0 fully saturated rings. The van der Waals surface area contributed by atoms with Crippen molar-refractivity contribution >= 4 is 12.2 Å². The molecule has 15 heavy (non-hydrogen) atoms. The lowest BCUT2D eigenvalue weighted by atomic mass is 10.0. The van der Waals surface area contributed by atoms with Gasteiger partial charge in [0.25, 0.3) is 5.91 Å². The van der Waals surface area contributed by atoms with Gasteiger partial charge in [0.05, 0.1) is 0 Å². The molecule has 0 aliphatic carbocycles. The van der Waals surface area contributed by atoms with Gasteiger partial charge in [0.1, 0.15) is 6.29 Å². The SMILES string of the molecule is CN1Cc2ccc(CCC=O)cc2C1=O. The van der Waals surface area contributed by atoms with Crippen LogP contribution < -0.4 is 0 Å². The van der Waals surface area contributed by atoms with Crippen molar-refractivity contribution in [2.75, 3.05) is 7.05 Å². The second-order valence-electron chi connectivity index (χ2n) is 3.86. The summed E-state index contributed by atoms with van der Waals surface area (Å²) >= 11 is 0. The Balaban J connectivity index is 2.27. The van der Waals surface area contributed by atoms with Gasteiger partial charge in [0.15, 0.2) is 0 Å². The van der Waals surface area contributed by atoms with Crippen molar-refractivity contribution in [2.45, 2.75) is 19.4 Å². The molecule has 0 atom stereocenters. The number of amides is 1. The van der Waals surface area contributed by atoms with Crippen LogP contribution in [0, 0.1) is 0 Å². The minimum Gasteiger partial charge on any atom is -0.337 e. The highest BCUT2D eigenvalue weighted by molar-refractivity contribution is 5.98. The monoisotopic (exact) mass is 203 g/mol. The van der Waals surface area contributed by atoms with Crippen LogP contribution in [0.2, 0.25) is 0 Å². The molecule has 0 spiro atoms. The Labute approximate surface area is 88.7 Å². The van der Waals surface area contributed by atoms with Crippen LogP contribution in [0.3, 0.4) is 0 Å². The quantitative estimate of drug-likeness (QED) is 0.696. The molecule has 3 nitrogen and oxygen atoms in total. The zero-order valence-electron chi connectivity index (χ0n) is 8.69. The van der Waals surface area contributed by atoms with Crippen molar-refractivity contribution in [1.29, 1.82) is 0 Å². The first-order chi connectivity index (χ1) is 7.22. The molecule has 1 heterocycles. The third-order valence-corrected chi connectivity index (χ3v) is 2.71. The van der Waals surface area contributed by atoms with Gasteiger partial charge in [-0.25, -0.2) is 0 Å². The van der Waals surface area contributed by atoms with E-state index in [1.54, 1.807) is 11.9 Å². The first-order valence-corrected chi connectivity index (χ1v) is 5.03. The summed E-state index contributed by atoms with van der Waals surface area (Å²) in [7, 11) is 1.80. The van der Waals surface area contributed by atoms with Gasteiger partial charge in [-0.3, -0.25) is 4.79 Å². The number of hydrogen-bond donors (Lipinski definition) is 0. The number of hydrogen-bond acceptors (Lipinski definition) is 2. The number of aryl methyl sites for hydroxylation is 1. The summed E-state index contributed by atoms with van der Waals surface area (Å²) in [6.07, 6.45) is 2.14. The standard InChI is InChI=1S/C12H13NO2/c1-13-8-10-5-4-9(3-2-6-14)7-11(10)12(13)15/h4-7H,2-3,8H2,1H3. The molecule has 1 aromatic carbocycles. The number of fused-ring (bicyclic) bond motifs is 1. The minimum absolute atomic E-state index is 0.0814. The molecule has 0 N–H and O–H groups in total. The summed E-state index contributed by atoms with van der Waals surface area (Å²) < 4.78 is 0. The lowest BCUT2D eigenvalue weighted by Crippen LogP contribution is -2.17. The molecule has 0 bridgehead atoms. The number of nitrogens with zero attached hydrogens (tertiary/aromatic N) is 1. The number of aldehydes is 1. The largest absolute Gasteiger partial charge is 0.337 e. The molecule has 0 radical (unpaired) electrons. The fourth-order valence-electron chi connectivity index (χ4n) is 1.87. The van der Waals surface area contributed by atoms with E-state index >= 15 is 0 Å². The first-order valence-electron chi connectivity index (χ1n) is 5.03. The molecule has 3 heteroatoms. The maximum atomic E-state index is 11.7. The molecule has 0 unspecified atom stereocenters. The lowest BCUT2D eigenvalue weighted by Gasteiger charge is -2.04. The maximum Gasteiger partial charge on any atom is 0.254 e. The normalized spacial score (nSPS) is 14.2. The van der Waals surface area contributed by atoms with Crippen LogP contribution in [0.5, 0.6) is 0 Å². The van der Waals surface area contributed by atoms with Gasteiger partial charge in [0, 0.05) is 25.6 Å². The molecule has 1 aliphatic heterocycles. The summed E-state index contributed by atoms with van der Waals surface area (Å²) in [6, 6.07) is 5.89. The Morgan fingerprint density at radius 2 is 2.27 bits per heavy atom. The van der Waals surface area contributed by atoms with Crippen LogP contribution in [0.4, 0.5) is 0 Å². The second-order valence-corrected chi connectivity index (χ2v) is 3.86. The molecule has 1 aromatic rings. The Morgan fingerprint density at radius 1 is 1.47 bits per heavy atom. The van der Waals surface area contributed by atoms with Crippen LogP contribution in [0.25, 0.3) is 0 Å². The molecule has 78 valence electrons. The number of rotatable bonds is 3. The van der Waals surface area contributed by atoms with Crippen molar-refractivity contribution in [3.05, 3.63) is 34.9 Å². The van der Waals surface area contributed by atoms with E-state index in [0.717, 1.165) is 23.0 Å². The summed E-state index contributed by atoms with van der Waals surface area (Å²) in [5.74, 6) is 0.0814. The third kappa shape index (κ3) is 1.77. The zero-order chi connectivity index (χ0) is 10.8. The van der Waals surface area contributed by atoms with Gasteiger partial charge in [0.2, 0.25) is 0 Å². The predicted octanol–water partition coefficient (Wildman–Crippen LogP) is 1.40. The van der Waals surface area contributed by atoms with E-state index in [-0.39, 0.29) is 5.91 Å². The van der Waals surface area contributed by atoms with E-state index in [1.165, 1.54) is 0 Å². The predicted molar refractivity (Wildman–Crippen MR) is 56.6 cm³/mol. The van der Waals surface area contributed by atoms with Gasteiger partial charge < -0.3 is 9.69 Å². The van der Waals surface area contributed by atoms with Crippen molar-refractivity contribution in [3.63, 3.8) is 0 Å². The van der Waals surface area contributed by atoms with E-state index in [1.807, 2.05) is 18.2 Å². The van der Waals surface area contributed by atoms with Crippen LogP contribution in [0.15, 0.2) is 18.2 Å². The molecule has 0 saturated heterocycles. The highest BCUT2D eigenvalue weighted by Crippen LogP contribution is 2.22. The van der Waals surface area contributed by atoms with Gasteiger partial charge in [-0.05, 0) is 23.6 Å². The first kappa shape index (κ1) is 9.90. The van der Waals surface area contributed by atoms with Crippen molar-refractivity contribution in [1.82, 2.24) is 4.90 Å². The van der Waals surface area contributed by atoms with E-state index in [4.69, 9.17) is 0 Å². The minimum atomic E-state index is 0.0814. The number of carbonyl (C=O) groups is 2. The second kappa shape index (κ2) is 3.85. The fraction of sp³-hybridized carbons (Fsp3) is 0.333. The Morgan fingerprint density at radius 3 is 3.00 bits per heavy atom. The van der Waals surface area contributed by atoms with Gasteiger partial charge >= 0.3 is 0 Å². The highest BCUT2D eigenvalue weighted by Gasteiger charge is 2.23. The van der Waals surface area contributed by atoms with Crippen molar-refractivity contribution in [2.24, 2.45) is 0 Å². The maximum absolute atomic E-state index is 11.7. The Kier molecular flexibility index (Phi) is 2.54. The summed E-state index contributed by atoms with van der Waals surface area (Å²) in [6.45, 7) is 0.697. The zero-order valence-corrected chi connectivity index (χ0v) is 8.69. The number of benzene rings is 1. The van der Waals surface area contributed by atoms with Crippen molar-refractivity contribution in [3.8, 4) is 0 Å². The highest BCUT2D eigenvalue weighted by atomic mass is 16.2. The van der Waals surface area contributed by atoms with Crippen molar-refractivity contribution < 1.29 is 9.59 Å². The van der Waals surface area contributed by atoms with Gasteiger partial charge in [-0.15, -0.1) is 0 Å².